The molecule has 0 atom stereocenters. The number of unbranched alkanes of at least 4 members (excludes halogenated alkanes) is 14. The number of aliphatic carboxylic acids is 2. The van der Waals surface area contributed by atoms with Crippen LogP contribution in [0.4, 0.5) is 0 Å². The number of carboxylic acids is 2. The molecule has 146 valence electrons. The second kappa shape index (κ2) is 25.4. The average molecular weight is 371 g/mol. The quantitative estimate of drug-likeness (QED) is 0.308. The summed E-state index contributed by atoms with van der Waals surface area (Å²) in [6, 6.07) is 0. The molecule has 0 aromatic heterocycles. The Hall–Kier alpha value is -0.843. The lowest BCUT2D eigenvalue weighted by atomic mass is 10.0. The van der Waals surface area contributed by atoms with E-state index < -0.39 is 11.9 Å². The molecular weight excluding hydrogens is 332 g/mol. The molecular formula is C20H38O4Si. The second-order valence-electron chi connectivity index (χ2n) is 6.56. The molecule has 4 nitrogen and oxygen atoms in total. The van der Waals surface area contributed by atoms with Gasteiger partial charge in [-0.05, 0) is 19.8 Å². The SMILES string of the molecule is CC(=O)[O-].CCCCCCCCCCCCCCCCCC(=O)[O-].[Si+2]. The van der Waals surface area contributed by atoms with Crippen LogP contribution in [0.25, 0.3) is 0 Å². The molecule has 0 rings (SSSR count). The Bertz CT molecular complexity index is 279. The van der Waals surface area contributed by atoms with Crippen LogP contribution in [0.2, 0.25) is 0 Å². The zero-order chi connectivity index (χ0) is 18.5. The largest absolute Gasteiger partial charge is 2.00 e. The van der Waals surface area contributed by atoms with Crippen LogP contribution in [0.3, 0.4) is 0 Å². The van der Waals surface area contributed by atoms with Gasteiger partial charge in [0.05, 0.1) is 0 Å². The van der Waals surface area contributed by atoms with E-state index in [0.717, 1.165) is 19.8 Å². The number of rotatable bonds is 16. The molecule has 25 heavy (non-hydrogen) atoms. The van der Waals surface area contributed by atoms with Crippen molar-refractivity contribution in [3.8, 4) is 0 Å². The van der Waals surface area contributed by atoms with E-state index in [0.29, 0.717) is 0 Å². The van der Waals surface area contributed by atoms with Gasteiger partial charge in [-0.3, -0.25) is 0 Å². The van der Waals surface area contributed by atoms with E-state index in [-0.39, 0.29) is 17.4 Å². The highest BCUT2D eigenvalue weighted by molar-refractivity contribution is 5.75. The van der Waals surface area contributed by atoms with Crippen LogP contribution in [-0.4, -0.2) is 22.9 Å². The summed E-state index contributed by atoms with van der Waals surface area (Å²) in [4.78, 5) is 19.1. The molecule has 2 radical (unpaired) electrons. The van der Waals surface area contributed by atoms with Crippen molar-refractivity contribution >= 4 is 22.9 Å². The molecule has 0 fully saturated rings. The number of carbonyl (C=O) groups excluding carboxylic acids is 2. The predicted octanol–water partition coefficient (Wildman–Crippen LogP) is 3.37. The molecule has 0 amide bonds. The van der Waals surface area contributed by atoms with Crippen LogP contribution < -0.4 is 10.2 Å². The standard InChI is InChI=1S/C18H36O2.C2H4O2.Si/c1-2-3-4-5-6-7-8-9-10-11-12-13-14-15-16-17-18(19)20;1-2(3)4;/h2-17H2,1H3,(H,19,20);1H3,(H,3,4);/q;;+2/p-2. The smallest absolute Gasteiger partial charge is 0.550 e. The predicted molar refractivity (Wildman–Crippen MR) is 101 cm³/mol. The fraction of sp³-hybridized carbons (Fsp3) is 0.900. The van der Waals surface area contributed by atoms with Crippen LogP contribution in [0, 0.1) is 0 Å². The van der Waals surface area contributed by atoms with E-state index in [1.165, 1.54) is 83.5 Å². The van der Waals surface area contributed by atoms with Crippen LogP contribution in [0.15, 0.2) is 0 Å². The Morgan fingerprint density at radius 2 is 0.840 bits per heavy atom. The van der Waals surface area contributed by atoms with Crippen molar-refractivity contribution < 1.29 is 19.8 Å². The Balaban J connectivity index is -0.000000867. The van der Waals surface area contributed by atoms with Crippen molar-refractivity contribution in [1.29, 1.82) is 0 Å². The van der Waals surface area contributed by atoms with Crippen LogP contribution >= 0.6 is 0 Å². The normalized spacial score (nSPS) is 9.68. The number of carboxylic acid groups (broad SMARTS) is 2. The third-order valence-corrected chi connectivity index (χ3v) is 3.98. The van der Waals surface area contributed by atoms with Gasteiger partial charge >= 0.3 is 11.0 Å². The third kappa shape index (κ3) is 39.7. The lowest BCUT2D eigenvalue weighted by Crippen LogP contribution is -2.21. The average Bonchev–Trinajstić information content (AvgIpc) is 2.50. The van der Waals surface area contributed by atoms with Gasteiger partial charge in [-0.25, -0.2) is 0 Å². The molecule has 0 aliphatic carbocycles. The van der Waals surface area contributed by atoms with Gasteiger partial charge in [0.15, 0.2) is 0 Å². The Morgan fingerprint density at radius 3 is 1.08 bits per heavy atom. The Kier molecular flexibility index (Phi) is 29.4. The van der Waals surface area contributed by atoms with Gasteiger partial charge in [-0.1, -0.05) is 96.8 Å². The topological polar surface area (TPSA) is 80.3 Å². The van der Waals surface area contributed by atoms with Crippen molar-refractivity contribution in [2.24, 2.45) is 0 Å². The first-order valence-corrected chi connectivity index (χ1v) is 9.88. The summed E-state index contributed by atoms with van der Waals surface area (Å²) in [6.45, 7) is 3.24. The summed E-state index contributed by atoms with van der Waals surface area (Å²) in [5.74, 6) is -1.99. The highest BCUT2D eigenvalue weighted by atomic mass is 28.1. The highest BCUT2D eigenvalue weighted by Gasteiger charge is 2.00. The van der Waals surface area contributed by atoms with Crippen molar-refractivity contribution in [2.75, 3.05) is 0 Å². The van der Waals surface area contributed by atoms with Crippen molar-refractivity contribution in [1.82, 2.24) is 0 Å². The minimum absolute atomic E-state index is 0. The fourth-order valence-electron chi connectivity index (χ4n) is 2.64. The number of carbonyl (C=O) groups is 2. The summed E-state index contributed by atoms with van der Waals surface area (Å²) < 4.78 is 0. The van der Waals surface area contributed by atoms with Gasteiger partial charge in [-0.15, -0.1) is 0 Å². The first-order valence-electron chi connectivity index (χ1n) is 9.88. The van der Waals surface area contributed by atoms with E-state index in [9.17, 15) is 9.90 Å². The monoisotopic (exact) mass is 370 g/mol. The van der Waals surface area contributed by atoms with E-state index >= 15 is 0 Å². The molecule has 0 aromatic rings. The van der Waals surface area contributed by atoms with Gasteiger partial charge in [0, 0.05) is 11.9 Å². The zero-order valence-corrected chi connectivity index (χ0v) is 17.4. The minimum Gasteiger partial charge on any atom is -0.550 e. The third-order valence-electron chi connectivity index (χ3n) is 3.98. The fourth-order valence-corrected chi connectivity index (χ4v) is 2.64. The number of hydrogen-bond acceptors (Lipinski definition) is 4. The maximum absolute atomic E-state index is 10.2. The van der Waals surface area contributed by atoms with Crippen molar-refractivity contribution in [2.45, 2.75) is 117 Å². The van der Waals surface area contributed by atoms with E-state index in [1.807, 2.05) is 0 Å². The van der Waals surface area contributed by atoms with E-state index in [4.69, 9.17) is 9.90 Å². The second-order valence-corrected chi connectivity index (χ2v) is 6.56. The molecule has 0 aliphatic heterocycles. The maximum Gasteiger partial charge on any atom is 2.00 e. The zero-order valence-electron chi connectivity index (χ0n) is 16.4. The summed E-state index contributed by atoms with van der Waals surface area (Å²) in [6.07, 6.45) is 19.9. The van der Waals surface area contributed by atoms with E-state index in [2.05, 4.69) is 6.92 Å². The summed E-state index contributed by atoms with van der Waals surface area (Å²) in [5.41, 5.74) is 0. The van der Waals surface area contributed by atoms with Crippen molar-refractivity contribution in [3.05, 3.63) is 0 Å². The molecule has 0 heterocycles. The molecule has 0 spiro atoms. The van der Waals surface area contributed by atoms with Crippen molar-refractivity contribution in [3.63, 3.8) is 0 Å². The molecule has 5 heteroatoms. The van der Waals surface area contributed by atoms with Gasteiger partial charge in [-0.2, -0.15) is 0 Å². The molecule has 0 aliphatic rings. The van der Waals surface area contributed by atoms with Crippen LogP contribution in [0.1, 0.15) is 117 Å². The van der Waals surface area contributed by atoms with Gasteiger partial charge in [0.25, 0.3) is 0 Å². The minimum atomic E-state index is -1.08. The Morgan fingerprint density at radius 1 is 0.600 bits per heavy atom. The molecule has 0 saturated heterocycles. The molecule has 0 unspecified atom stereocenters. The first-order chi connectivity index (χ1) is 11.5. The number of hydrogen-bond donors (Lipinski definition) is 0. The van der Waals surface area contributed by atoms with E-state index in [1.54, 1.807) is 0 Å². The summed E-state index contributed by atoms with van der Waals surface area (Å²) >= 11 is 0. The molecule has 0 N–H and O–H groups in total. The summed E-state index contributed by atoms with van der Waals surface area (Å²) in [5, 5.41) is 19.1. The summed E-state index contributed by atoms with van der Waals surface area (Å²) in [7, 11) is 0. The first kappa shape index (κ1) is 28.9. The molecule has 0 aromatic carbocycles. The van der Waals surface area contributed by atoms with Crippen LogP contribution in [-0.2, 0) is 9.59 Å². The lowest BCUT2D eigenvalue weighted by Gasteiger charge is -2.04. The molecule has 0 saturated carbocycles. The van der Waals surface area contributed by atoms with Crippen LogP contribution in [0.5, 0.6) is 0 Å². The van der Waals surface area contributed by atoms with Gasteiger partial charge in [0.2, 0.25) is 0 Å². The molecule has 0 bridgehead atoms. The Labute approximate surface area is 159 Å². The van der Waals surface area contributed by atoms with Gasteiger partial charge < -0.3 is 19.8 Å². The maximum atomic E-state index is 10.2. The van der Waals surface area contributed by atoms with Gasteiger partial charge in [0.1, 0.15) is 0 Å². The lowest BCUT2D eigenvalue weighted by molar-refractivity contribution is -0.306. The highest BCUT2D eigenvalue weighted by Crippen LogP contribution is 2.13.